The number of amides is 1. The summed E-state index contributed by atoms with van der Waals surface area (Å²) in [6.45, 7) is 2.50. The Morgan fingerprint density at radius 2 is 2.00 bits per heavy atom. The summed E-state index contributed by atoms with van der Waals surface area (Å²) in [5.41, 5.74) is 11.4. The van der Waals surface area contributed by atoms with E-state index in [4.69, 9.17) is 10.8 Å². The second-order valence-corrected chi connectivity index (χ2v) is 8.25. The number of carbonyl (C=O) groups is 1. The van der Waals surface area contributed by atoms with E-state index in [2.05, 4.69) is 20.6 Å². The number of nitrogens with two attached hydrogens (primary N) is 1. The van der Waals surface area contributed by atoms with Gasteiger partial charge in [0, 0.05) is 36.1 Å². The number of fused-ring (bicyclic) bond motifs is 1. The minimum absolute atomic E-state index is 0.249. The Kier molecular flexibility index (Phi) is 7.40. The van der Waals surface area contributed by atoms with Gasteiger partial charge in [0.15, 0.2) is 0 Å². The number of aliphatic hydroxyl groups excluding tert-OH is 2. The molecule has 0 saturated heterocycles. The zero-order valence-corrected chi connectivity index (χ0v) is 19.3. The van der Waals surface area contributed by atoms with E-state index >= 15 is 0 Å². The van der Waals surface area contributed by atoms with Crippen LogP contribution in [0.2, 0.25) is 0 Å². The van der Waals surface area contributed by atoms with Crippen molar-refractivity contribution in [1.29, 1.82) is 0 Å². The lowest BCUT2D eigenvalue weighted by atomic mass is 10.0. The third kappa shape index (κ3) is 5.32. The summed E-state index contributed by atoms with van der Waals surface area (Å²) in [4.78, 5) is 19.9. The molecule has 1 atom stereocenters. The monoisotopic (exact) mass is 477 g/mol. The number of nitrogens with one attached hydrogen (secondary N) is 3. The van der Waals surface area contributed by atoms with Crippen LogP contribution < -0.4 is 16.4 Å². The fraction of sp³-hybridized carbons (Fsp3) is 0.231. The highest BCUT2D eigenvalue weighted by Gasteiger charge is 2.18. The number of hydrogen-bond donors (Lipinski definition) is 6. The summed E-state index contributed by atoms with van der Waals surface area (Å²) in [5, 5.41) is 25.9. The Hall–Kier alpha value is -3.79. The largest absolute Gasteiger partial charge is 0.394 e. The number of pyridine rings is 1. The smallest absolute Gasteiger partial charge is 0.252 e. The Balaban J connectivity index is 1.73. The number of carbonyl (C=O) groups excluding carboxylic acids is 1. The normalized spacial score (nSPS) is 12.1. The van der Waals surface area contributed by atoms with Gasteiger partial charge in [0.05, 0.1) is 24.0 Å². The molecule has 8 nitrogen and oxygen atoms in total. The highest BCUT2D eigenvalue weighted by atomic mass is 19.1. The fourth-order valence-corrected chi connectivity index (χ4v) is 4.09. The first-order valence-corrected chi connectivity index (χ1v) is 11.4. The zero-order chi connectivity index (χ0) is 24.9. The molecule has 9 heteroatoms. The molecule has 4 rings (SSSR count). The Labute approximate surface area is 202 Å². The molecule has 2 aromatic carbocycles. The molecule has 0 aliphatic heterocycles. The van der Waals surface area contributed by atoms with Crippen LogP contribution in [-0.4, -0.2) is 45.3 Å². The molecular weight excluding hydrogens is 449 g/mol. The number of primary amides is 1. The van der Waals surface area contributed by atoms with Crippen molar-refractivity contribution in [3.05, 3.63) is 77.2 Å². The molecule has 0 aliphatic carbocycles. The van der Waals surface area contributed by atoms with Crippen molar-refractivity contribution in [3.63, 3.8) is 0 Å². The molecule has 2 heterocycles. The average Bonchev–Trinajstić information content (AvgIpc) is 3.29. The predicted octanol–water partition coefficient (Wildman–Crippen LogP) is 3.22. The topological polar surface area (TPSA) is 136 Å². The molecule has 0 aliphatic rings. The number of aromatic amines is 1. The van der Waals surface area contributed by atoms with Crippen LogP contribution in [0.25, 0.3) is 22.3 Å². The number of aromatic nitrogens is 2. The summed E-state index contributed by atoms with van der Waals surface area (Å²) in [7, 11) is 0. The van der Waals surface area contributed by atoms with Crippen LogP contribution >= 0.6 is 0 Å². The van der Waals surface area contributed by atoms with Gasteiger partial charge in [0.2, 0.25) is 0 Å². The van der Waals surface area contributed by atoms with Gasteiger partial charge >= 0.3 is 0 Å². The minimum Gasteiger partial charge on any atom is -0.394 e. The molecule has 2 aromatic heterocycles. The van der Waals surface area contributed by atoms with E-state index in [0.717, 1.165) is 34.5 Å². The first kappa shape index (κ1) is 24.3. The van der Waals surface area contributed by atoms with E-state index in [1.807, 2.05) is 31.2 Å². The van der Waals surface area contributed by atoms with Crippen LogP contribution in [-0.2, 0) is 13.0 Å². The van der Waals surface area contributed by atoms with Crippen molar-refractivity contribution in [1.82, 2.24) is 15.3 Å². The fourth-order valence-electron chi connectivity index (χ4n) is 4.09. The highest BCUT2D eigenvalue weighted by molar-refractivity contribution is 6.08. The van der Waals surface area contributed by atoms with Gasteiger partial charge in [-0.25, -0.2) is 9.37 Å². The minimum atomic E-state index is -0.825. The van der Waals surface area contributed by atoms with Crippen molar-refractivity contribution in [2.45, 2.75) is 26.0 Å². The van der Waals surface area contributed by atoms with E-state index < -0.39 is 12.0 Å². The Morgan fingerprint density at radius 1 is 1.23 bits per heavy atom. The van der Waals surface area contributed by atoms with Gasteiger partial charge in [-0.2, -0.15) is 0 Å². The maximum absolute atomic E-state index is 13.4. The molecule has 1 unspecified atom stereocenters. The van der Waals surface area contributed by atoms with Crippen LogP contribution in [0, 0.1) is 5.82 Å². The van der Waals surface area contributed by atoms with Crippen molar-refractivity contribution in [3.8, 4) is 11.3 Å². The van der Waals surface area contributed by atoms with Crippen molar-refractivity contribution < 1.29 is 19.4 Å². The van der Waals surface area contributed by atoms with Gasteiger partial charge in [0.1, 0.15) is 11.5 Å². The van der Waals surface area contributed by atoms with E-state index in [9.17, 15) is 14.3 Å². The molecule has 0 spiro atoms. The first-order chi connectivity index (χ1) is 16.9. The molecule has 4 aromatic rings. The van der Waals surface area contributed by atoms with E-state index in [1.165, 1.54) is 18.3 Å². The van der Waals surface area contributed by atoms with Gasteiger partial charge in [-0.05, 0) is 59.5 Å². The third-order valence-electron chi connectivity index (χ3n) is 5.87. The SMILES string of the molecule is CCc1c(CNCC(O)CO)cccc1Nc1c(C(N)=O)cnc2[nH]c(-c3ccc(F)cc3)cc12. The summed E-state index contributed by atoms with van der Waals surface area (Å²) in [6.07, 6.45) is 1.33. The summed E-state index contributed by atoms with van der Waals surface area (Å²) in [5.74, 6) is -0.936. The lowest BCUT2D eigenvalue weighted by Crippen LogP contribution is -2.29. The number of halogens is 1. The van der Waals surface area contributed by atoms with Gasteiger partial charge in [-0.3, -0.25) is 4.79 Å². The molecule has 7 N–H and O–H groups in total. The maximum atomic E-state index is 13.4. The molecule has 0 radical (unpaired) electrons. The molecular formula is C26H28FN5O3. The Bertz CT molecular complexity index is 1340. The lowest BCUT2D eigenvalue weighted by Gasteiger charge is -2.18. The van der Waals surface area contributed by atoms with Crippen LogP contribution in [0.5, 0.6) is 0 Å². The molecule has 1 amide bonds. The molecule has 35 heavy (non-hydrogen) atoms. The molecule has 0 bridgehead atoms. The summed E-state index contributed by atoms with van der Waals surface area (Å²) in [6, 6.07) is 13.8. The molecule has 0 saturated carbocycles. The average molecular weight is 478 g/mol. The second-order valence-electron chi connectivity index (χ2n) is 8.25. The third-order valence-corrected chi connectivity index (χ3v) is 5.87. The zero-order valence-electron chi connectivity index (χ0n) is 19.3. The lowest BCUT2D eigenvalue weighted by molar-refractivity contribution is 0.0942. The van der Waals surface area contributed by atoms with Gasteiger partial charge in [0.25, 0.3) is 5.91 Å². The predicted molar refractivity (Wildman–Crippen MR) is 134 cm³/mol. The maximum Gasteiger partial charge on any atom is 0.252 e. The van der Waals surface area contributed by atoms with Crippen LogP contribution in [0.4, 0.5) is 15.8 Å². The van der Waals surface area contributed by atoms with Crippen LogP contribution in [0.15, 0.2) is 54.7 Å². The Morgan fingerprint density at radius 3 is 2.69 bits per heavy atom. The van der Waals surface area contributed by atoms with Crippen molar-refractivity contribution >= 4 is 28.3 Å². The van der Waals surface area contributed by atoms with Gasteiger partial charge in [-0.15, -0.1) is 0 Å². The number of rotatable bonds is 10. The first-order valence-electron chi connectivity index (χ1n) is 11.4. The van der Waals surface area contributed by atoms with Gasteiger partial charge < -0.3 is 31.6 Å². The van der Waals surface area contributed by atoms with Crippen molar-refractivity contribution in [2.75, 3.05) is 18.5 Å². The number of nitrogens with zero attached hydrogens (tertiary/aromatic N) is 1. The van der Waals surface area contributed by atoms with E-state index in [-0.39, 0.29) is 24.5 Å². The number of benzene rings is 2. The summed E-state index contributed by atoms with van der Waals surface area (Å²) >= 11 is 0. The standard InChI is InChI=1S/C26H28FN5O3/c1-2-19-16(11-29-12-18(34)14-33)4-3-5-22(19)31-24-20-10-23(15-6-8-17(27)9-7-15)32-26(20)30-13-21(24)25(28)35/h3-10,13,18,29,33-34H,2,11-12,14H2,1H3,(H2,28,35)(H2,30,31,32). The van der Waals surface area contributed by atoms with Crippen LogP contribution in [0.1, 0.15) is 28.4 Å². The van der Waals surface area contributed by atoms with Crippen LogP contribution in [0.3, 0.4) is 0 Å². The van der Waals surface area contributed by atoms with Gasteiger partial charge in [-0.1, -0.05) is 19.1 Å². The second kappa shape index (κ2) is 10.6. The number of aliphatic hydroxyl groups is 2. The van der Waals surface area contributed by atoms with E-state index in [1.54, 1.807) is 12.1 Å². The number of anilines is 2. The van der Waals surface area contributed by atoms with Crippen molar-refractivity contribution in [2.24, 2.45) is 5.73 Å². The number of H-pyrrole nitrogens is 1. The summed E-state index contributed by atoms with van der Waals surface area (Å²) < 4.78 is 13.4. The quantitative estimate of drug-likeness (QED) is 0.208. The molecule has 0 fully saturated rings. The highest BCUT2D eigenvalue weighted by Crippen LogP contribution is 2.34. The molecule has 182 valence electrons. The van der Waals surface area contributed by atoms with E-state index in [0.29, 0.717) is 23.3 Å². The number of hydrogen-bond acceptors (Lipinski definition) is 6.